The Morgan fingerprint density at radius 1 is 1.07 bits per heavy atom. The van der Waals surface area contributed by atoms with Crippen LogP contribution in [0.25, 0.3) is 17.3 Å². The molecule has 0 unspecified atom stereocenters. The normalized spacial score (nSPS) is 12.4. The van der Waals surface area contributed by atoms with E-state index in [1.165, 1.54) is 29.9 Å². The van der Waals surface area contributed by atoms with Gasteiger partial charge in [-0.15, -0.1) is 11.3 Å². The van der Waals surface area contributed by atoms with Crippen LogP contribution in [0.4, 0.5) is 18.9 Å². The van der Waals surface area contributed by atoms with Gasteiger partial charge in [-0.25, -0.2) is 0 Å². The number of carbonyl (C=O) groups is 1. The summed E-state index contributed by atoms with van der Waals surface area (Å²) in [6.45, 7) is 2.14. The third kappa shape index (κ3) is 6.08. The van der Waals surface area contributed by atoms with Crippen LogP contribution in [0.15, 0.2) is 77.6 Å². The number of amides is 1. The molecule has 4 aromatic rings. The number of rotatable bonds is 7. The number of aromatic nitrogens is 1. The highest BCUT2D eigenvalue weighted by Gasteiger charge is 2.29. The molecule has 0 fully saturated rings. The maximum Gasteiger partial charge on any atom is 0.416 e. The molecule has 11 heteroatoms. The number of thiazole rings is 1. The fourth-order valence-corrected chi connectivity index (χ4v) is 4.87. The van der Waals surface area contributed by atoms with Crippen LogP contribution < -0.4 is 29.5 Å². The van der Waals surface area contributed by atoms with Crippen molar-refractivity contribution in [1.29, 1.82) is 5.26 Å². The lowest BCUT2D eigenvalue weighted by molar-refractivity contribution is -0.137. The summed E-state index contributed by atoms with van der Waals surface area (Å²) < 4.78 is 51.1. The maximum atomic E-state index is 13.6. The van der Waals surface area contributed by atoms with E-state index in [-0.39, 0.29) is 14.8 Å². The van der Waals surface area contributed by atoms with E-state index in [0.717, 1.165) is 23.5 Å². The van der Waals surface area contributed by atoms with Gasteiger partial charge in [-0.3, -0.25) is 14.2 Å². The lowest BCUT2D eigenvalue weighted by Gasteiger charge is -2.11. The fraction of sp³-hybridized carbons (Fsp3) is 0.138. The van der Waals surface area contributed by atoms with Crippen molar-refractivity contribution >= 4 is 34.6 Å². The van der Waals surface area contributed by atoms with Crippen molar-refractivity contribution in [2.45, 2.75) is 13.1 Å². The quantitative estimate of drug-likeness (QED) is 0.357. The van der Waals surface area contributed by atoms with E-state index in [4.69, 9.17) is 9.47 Å². The van der Waals surface area contributed by atoms with E-state index in [9.17, 15) is 28.0 Å². The van der Waals surface area contributed by atoms with E-state index in [1.54, 1.807) is 55.5 Å². The summed E-state index contributed by atoms with van der Waals surface area (Å²) >= 11 is 0.871. The summed E-state index contributed by atoms with van der Waals surface area (Å²) in [7, 11) is 1.49. The molecule has 7 nitrogen and oxygen atoms in total. The second-order valence-electron chi connectivity index (χ2n) is 8.24. The Hall–Kier alpha value is -4.82. The predicted molar refractivity (Wildman–Crippen MR) is 146 cm³/mol. The summed E-state index contributed by atoms with van der Waals surface area (Å²) in [6.07, 6.45) is -3.09. The number of ether oxygens (including phenoxy) is 2. The number of methoxy groups -OCH3 is 1. The van der Waals surface area contributed by atoms with Crippen LogP contribution in [0.1, 0.15) is 18.1 Å². The van der Waals surface area contributed by atoms with Gasteiger partial charge in [0, 0.05) is 0 Å². The Morgan fingerprint density at radius 3 is 2.35 bits per heavy atom. The Kier molecular flexibility index (Phi) is 8.40. The molecule has 1 heterocycles. The number of nitrogens with one attached hydrogen (secondary N) is 1. The van der Waals surface area contributed by atoms with Crippen molar-refractivity contribution in [3.63, 3.8) is 0 Å². The largest absolute Gasteiger partial charge is 0.497 e. The molecule has 3 aromatic carbocycles. The average Bonchev–Trinajstić information content (AvgIpc) is 3.25. The van der Waals surface area contributed by atoms with E-state index in [2.05, 4.69) is 5.32 Å². The molecule has 0 aliphatic carbocycles. The van der Waals surface area contributed by atoms with Crippen LogP contribution in [-0.2, 0) is 11.0 Å². The summed E-state index contributed by atoms with van der Waals surface area (Å²) in [5.41, 5.74) is -0.672. The molecule has 204 valence electrons. The molecular weight excluding hydrogens is 543 g/mol. The number of benzene rings is 3. The zero-order chi connectivity index (χ0) is 28.9. The molecule has 0 bridgehead atoms. The molecule has 40 heavy (non-hydrogen) atoms. The van der Waals surface area contributed by atoms with Gasteiger partial charge in [-0.1, -0.05) is 24.3 Å². The first-order valence-electron chi connectivity index (χ1n) is 11.9. The second kappa shape index (κ2) is 11.9. The molecule has 0 saturated carbocycles. The van der Waals surface area contributed by atoms with E-state index in [1.807, 2.05) is 6.07 Å². The summed E-state index contributed by atoms with van der Waals surface area (Å²) in [4.78, 5) is 26.9. The molecule has 4 rings (SSSR count). The van der Waals surface area contributed by atoms with Crippen LogP contribution in [0.2, 0.25) is 0 Å². The number of hydrogen-bond acceptors (Lipinski definition) is 6. The monoisotopic (exact) mass is 565 g/mol. The van der Waals surface area contributed by atoms with Crippen molar-refractivity contribution < 1.29 is 27.4 Å². The minimum absolute atomic E-state index is 0.0437. The number of nitrogens with zero attached hydrogens (tertiary/aromatic N) is 2. The molecular formula is C29H22F3N3O4S. The van der Waals surface area contributed by atoms with Gasteiger partial charge >= 0.3 is 6.18 Å². The molecule has 0 spiro atoms. The molecule has 1 aromatic heterocycles. The number of alkyl halides is 3. The van der Waals surface area contributed by atoms with Gasteiger partial charge < -0.3 is 14.8 Å². The molecule has 0 saturated heterocycles. The number of carbonyl (C=O) groups excluding carboxylic acids is 1. The third-order valence-electron chi connectivity index (χ3n) is 5.68. The van der Waals surface area contributed by atoms with Crippen LogP contribution in [0, 0.1) is 11.3 Å². The Morgan fingerprint density at radius 2 is 1.75 bits per heavy atom. The van der Waals surface area contributed by atoms with Crippen LogP contribution in [0.3, 0.4) is 0 Å². The molecule has 0 radical (unpaired) electrons. The van der Waals surface area contributed by atoms with Crippen molar-refractivity contribution in [2.24, 2.45) is 0 Å². The van der Waals surface area contributed by atoms with Crippen LogP contribution in [0.5, 0.6) is 11.5 Å². The highest BCUT2D eigenvalue weighted by molar-refractivity contribution is 7.07. The second-order valence-corrected chi connectivity index (χ2v) is 9.27. The lowest BCUT2D eigenvalue weighted by Crippen LogP contribution is -2.32. The Bertz CT molecular complexity index is 1750. The first-order valence-corrected chi connectivity index (χ1v) is 12.7. The minimum atomic E-state index is -4.50. The zero-order valence-electron chi connectivity index (χ0n) is 21.3. The smallest absolute Gasteiger partial charge is 0.416 e. The van der Waals surface area contributed by atoms with Gasteiger partial charge in [0.2, 0.25) is 0 Å². The molecule has 1 N–H and O–H groups in total. The van der Waals surface area contributed by atoms with Gasteiger partial charge in [-0.05, 0) is 67.1 Å². The molecule has 0 aliphatic heterocycles. The van der Waals surface area contributed by atoms with Gasteiger partial charge in [0.25, 0.3) is 11.5 Å². The standard InChI is InChI=1S/C29H22F3N3O4S/c1-3-39-24-7-5-4-6-23(24)34-26(36)22(17-33)28-35(20-12-14-21(38-2)15-13-20)27(37)25(40-28)16-18-8-10-19(11-9-18)29(30,31)32/h4-16H,3H2,1-2H3,(H,34,36)/b25-16-,28-22-. The summed E-state index contributed by atoms with van der Waals surface area (Å²) in [5.74, 6) is 0.171. The predicted octanol–water partition coefficient (Wildman–Crippen LogP) is 4.47. The van der Waals surface area contributed by atoms with E-state index in [0.29, 0.717) is 35.0 Å². The Labute approximate surface area is 230 Å². The van der Waals surface area contributed by atoms with E-state index >= 15 is 0 Å². The number of halogens is 3. The SMILES string of the molecule is CCOc1ccccc1NC(=O)/C(C#N)=c1\s/c(=C\c2ccc(C(F)(F)F)cc2)c(=O)n1-c1ccc(OC)cc1. The lowest BCUT2D eigenvalue weighted by atomic mass is 10.1. The summed E-state index contributed by atoms with van der Waals surface area (Å²) in [5, 5.41) is 12.7. The number of para-hydroxylation sites is 2. The van der Waals surface area contributed by atoms with E-state index < -0.39 is 23.2 Å². The topological polar surface area (TPSA) is 93.4 Å². The molecule has 0 atom stereocenters. The van der Waals surface area contributed by atoms with Gasteiger partial charge in [-0.2, -0.15) is 18.4 Å². The highest BCUT2D eigenvalue weighted by atomic mass is 32.1. The number of nitriles is 1. The third-order valence-corrected chi connectivity index (χ3v) is 6.77. The fourth-order valence-electron chi connectivity index (χ4n) is 3.77. The first-order chi connectivity index (χ1) is 19.2. The minimum Gasteiger partial charge on any atom is -0.497 e. The maximum absolute atomic E-state index is 13.6. The highest BCUT2D eigenvalue weighted by Crippen LogP contribution is 2.29. The number of hydrogen-bond donors (Lipinski definition) is 1. The van der Waals surface area contributed by atoms with Crippen molar-refractivity contribution in [2.75, 3.05) is 19.0 Å². The van der Waals surface area contributed by atoms with Crippen LogP contribution in [-0.4, -0.2) is 24.2 Å². The van der Waals surface area contributed by atoms with Gasteiger partial charge in [0.15, 0.2) is 5.57 Å². The van der Waals surface area contributed by atoms with Crippen molar-refractivity contribution in [1.82, 2.24) is 4.57 Å². The van der Waals surface area contributed by atoms with Crippen molar-refractivity contribution in [3.05, 3.63) is 103 Å². The number of anilines is 1. The molecule has 0 aliphatic rings. The van der Waals surface area contributed by atoms with Crippen LogP contribution >= 0.6 is 11.3 Å². The average molecular weight is 566 g/mol. The van der Waals surface area contributed by atoms with Gasteiger partial charge in [0.05, 0.1) is 35.2 Å². The zero-order valence-corrected chi connectivity index (χ0v) is 22.1. The van der Waals surface area contributed by atoms with Gasteiger partial charge in [0.1, 0.15) is 22.2 Å². The summed E-state index contributed by atoms with van der Waals surface area (Å²) in [6, 6.07) is 19.4. The first kappa shape index (κ1) is 28.2. The Balaban J connectivity index is 1.91. The molecule has 1 amide bonds. The van der Waals surface area contributed by atoms with Crippen molar-refractivity contribution in [3.8, 4) is 23.3 Å².